The van der Waals surface area contributed by atoms with Crippen molar-refractivity contribution in [2.24, 2.45) is 0 Å². The van der Waals surface area contributed by atoms with Crippen LogP contribution in [0, 0.1) is 0 Å². The molecule has 0 spiro atoms. The minimum absolute atomic E-state index is 0.541. The lowest BCUT2D eigenvalue weighted by molar-refractivity contribution is 0.487. The summed E-state index contributed by atoms with van der Waals surface area (Å²) in [6.07, 6.45) is 0. The zero-order chi connectivity index (χ0) is 12.0. The maximum Gasteiger partial charge on any atom is 0.0873 e. The van der Waals surface area contributed by atoms with Crippen molar-refractivity contribution in [3.63, 3.8) is 0 Å². The van der Waals surface area contributed by atoms with Crippen LogP contribution in [0.25, 0.3) is 0 Å². The topological polar surface area (TPSA) is 52.5 Å². The van der Waals surface area contributed by atoms with Gasteiger partial charge in [-0.2, -0.15) is 0 Å². The highest BCUT2D eigenvalue weighted by molar-refractivity contribution is 9.10. The van der Waals surface area contributed by atoms with Crippen LogP contribution in [0.3, 0.4) is 0 Å². The van der Waals surface area contributed by atoms with Gasteiger partial charge in [0.2, 0.25) is 0 Å². The highest BCUT2D eigenvalue weighted by Crippen LogP contribution is 2.63. The van der Waals surface area contributed by atoms with Crippen LogP contribution in [-0.2, 0) is 0 Å². The van der Waals surface area contributed by atoms with Gasteiger partial charge < -0.3 is 5.32 Å². The second kappa shape index (κ2) is 3.74. The Kier molecular flexibility index (Phi) is 2.45. The van der Waals surface area contributed by atoms with Crippen molar-refractivity contribution in [3.8, 4) is 0 Å². The van der Waals surface area contributed by atoms with Crippen molar-refractivity contribution in [1.82, 2.24) is 0 Å². The van der Waals surface area contributed by atoms with Gasteiger partial charge in [-0.25, -0.2) is 0 Å². The summed E-state index contributed by atoms with van der Waals surface area (Å²) in [6.45, 7) is 0. The quantitative estimate of drug-likeness (QED) is 0.662. The second-order valence-corrected chi connectivity index (χ2v) is 6.70. The molecule has 2 aromatic rings. The first kappa shape index (κ1) is 11.1. The van der Waals surface area contributed by atoms with Crippen molar-refractivity contribution >= 4 is 37.9 Å². The highest BCUT2D eigenvalue weighted by Gasteiger charge is 2.29. The number of fused-ring (bicyclic) bond motifs is 2. The Morgan fingerprint density at radius 3 is 2.47 bits per heavy atom. The molecule has 2 aromatic carbocycles. The first-order chi connectivity index (χ1) is 8.09. The standard InChI is InChI=1S/C12H10BrNO2S/c13-8-5-6-12-10(7-8)14-9-3-1-2-4-11(9)17(12,15)16/h1-7,14-16H. The molecule has 0 amide bonds. The van der Waals surface area contributed by atoms with E-state index in [4.69, 9.17) is 0 Å². The molecule has 3 nitrogen and oxygen atoms in total. The molecule has 0 saturated heterocycles. The number of hydrogen-bond donors (Lipinski definition) is 3. The van der Waals surface area contributed by atoms with Crippen LogP contribution in [-0.4, -0.2) is 9.11 Å². The van der Waals surface area contributed by atoms with Gasteiger partial charge in [0.1, 0.15) is 0 Å². The molecule has 17 heavy (non-hydrogen) atoms. The van der Waals surface area contributed by atoms with E-state index >= 15 is 0 Å². The number of benzene rings is 2. The van der Waals surface area contributed by atoms with Crippen molar-refractivity contribution < 1.29 is 9.11 Å². The summed E-state index contributed by atoms with van der Waals surface area (Å²) in [6, 6.07) is 12.6. The molecule has 0 saturated carbocycles. The molecule has 1 aliphatic rings. The Morgan fingerprint density at radius 2 is 1.65 bits per heavy atom. The molecule has 1 heterocycles. The van der Waals surface area contributed by atoms with Crippen molar-refractivity contribution in [2.75, 3.05) is 5.32 Å². The van der Waals surface area contributed by atoms with Gasteiger partial charge in [0, 0.05) is 4.47 Å². The van der Waals surface area contributed by atoms with Crippen molar-refractivity contribution in [3.05, 3.63) is 46.9 Å². The minimum atomic E-state index is -2.90. The molecule has 5 heteroatoms. The zero-order valence-electron chi connectivity index (χ0n) is 8.72. The molecule has 0 aromatic heterocycles. The molecule has 88 valence electrons. The van der Waals surface area contributed by atoms with E-state index in [0.29, 0.717) is 9.79 Å². The lowest BCUT2D eigenvalue weighted by Crippen LogP contribution is -2.11. The minimum Gasteiger partial charge on any atom is -0.352 e. The molecule has 0 bridgehead atoms. The van der Waals surface area contributed by atoms with E-state index < -0.39 is 10.6 Å². The van der Waals surface area contributed by atoms with Gasteiger partial charge >= 0.3 is 0 Å². The Labute approximate surface area is 109 Å². The number of nitrogens with one attached hydrogen (secondary N) is 1. The van der Waals surface area contributed by atoms with E-state index in [9.17, 15) is 9.11 Å². The first-order valence-electron chi connectivity index (χ1n) is 5.03. The fourth-order valence-corrected chi connectivity index (χ4v) is 3.90. The Balaban J connectivity index is 2.26. The van der Waals surface area contributed by atoms with Crippen LogP contribution in [0.1, 0.15) is 0 Å². The normalized spacial score (nSPS) is 17.6. The van der Waals surface area contributed by atoms with Crippen molar-refractivity contribution in [2.45, 2.75) is 9.79 Å². The molecule has 3 rings (SSSR count). The summed E-state index contributed by atoms with van der Waals surface area (Å²) in [4.78, 5) is 1.09. The second-order valence-electron chi connectivity index (χ2n) is 3.81. The van der Waals surface area contributed by atoms with Crippen LogP contribution in [0.4, 0.5) is 11.4 Å². The van der Waals surface area contributed by atoms with Crippen LogP contribution in [0.2, 0.25) is 0 Å². The predicted octanol–water partition coefficient (Wildman–Crippen LogP) is 4.67. The summed E-state index contributed by atoms with van der Waals surface area (Å²) in [5, 5.41) is 3.21. The highest BCUT2D eigenvalue weighted by atomic mass is 79.9. The van der Waals surface area contributed by atoms with E-state index in [1.807, 2.05) is 24.3 Å². The zero-order valence-corrected chi connectivity index (χ0v) is 11.1. The average molecular weight is 312 g/mol. The fraction of sp³-hybridized carbons (Fsp3) is 0. The maximum atomic E-state index is 10.4. The summed E-state index contributed by atoms with van der Waals surface area (Å²) in [5.74, 6) is 0. The van der Waals surface area contributed by atoms with Gasteiger partial charge in [0.05, 0.1) is 21.2 Å². The van der Waals surface area contributed by atoms with E-state index in [1.54, 1.807) is 18.2 Å². The third-order valence-corrected chi connectivity index (χ3v) is 5.14. The van der Waals surface area contributed by atoms with Gasteiger partial charge in [-0.05, 0) is 30.3 Å². The third kappa shape index (κ3) is 1.66. The summed E-state index contributed by atoms with van der Waals surface area (Å²) >= 11 is 3.37. The van der Waals surface area contributed by atoms with Gasteiger partial charge in [-0.15, -0.1) is 10.6 Å². The summed E-state index contributed by atoms with van der Waals surface area (Å²) in [7, 11) is -2.90. The Bertz CT molecular complexity index is 601. The van der Waals surface area contributed by atoms with Gasteiger partial charge in [-0.1, -0.05) is 28.1 Å². The van der Waals surface area contributed by atoms with Gasteiger partial charge in [0.15, 0.2) is 0 Å². The van der Waals surface area contributed by atoms with Crippen LogP contribution < -0.4 is 5.32 Å². The molecule has 0 unspecified atom stereocenters. The lowest BCUT2D eigenvalue weighted by atomic mass is 10.2. The van der Waals surface area contributed by atoms with Crippen LogP contribution in [0.15, 0.2) is 56.7 Å². The Morgan fingerprint density at radius 1 is 0.941 bits per heavy atom. The van der Waals surface area contributed by atoms with E-state index in [1.165, 1.54) is 0 Å². The lowest BCUT2D eigenvalue weighted by Gasteiger charge is -2.39. The molecular weight excluding hydrogens is 302 g/mol. The molecular formula is C12H10BrNO2S. The van der Waals surface area contributed by atoms with E-state index in [0.717, 1.165) is 15.8 Å². The monoisotopic (exact) mass is 311 g/mol. The Hall–Kier alpha value is -1.01. The fourth-order valence-electron chi connectivity index (χ4n) is 1.93. The summed E-state index contributed by atoms with van der Waals surface area (Å²) in [5.41, 5.74) is 1.48. The molecule has 1 aliphatic heterocycles. The molecule has 0 atom stereocenters. The van der Waals surface area contributed by atoms with Gasteiger partial charge in [0.25, 0.3) is 0 Å². The van der Waals surface area contributed by atoms with E-state index in [2.05, 4.69) is 21.2 Å². The SMILES string of the molecule is OS1(O)c2ccccc2Nc2cc(Br)ccc21. The first-order valence-corrected chi connectivity index (χ1v) is 7.37. The third-order valence-electron chi connectivity index (χ3n) is 2.71. The molecule has 0 fully saturated rings. The smallest absolute Gasteiger partial charge is 0.0873 e. The summed E-state index contributed by atoms with van der Waals surface area (Å²) < 4.78 is 21.6. The van der Waals surface area contributed by atoms with Crippen LogP contribution >= 0.6 is 26.5 Å². The number of hydrogen-bond acceptors (Lipinski definition) is 3. The molecule has 0 aliphatic carbocycles. The van der Waals surface area contributed by atoms with E-state index in [-0.39, 0.29) is 0 Å². The number of rotatable bonds is 0. The van der Waals surface area contributed by atoms with Crippen molar-refractivity contribution in [1.29, 1.82) is 0 Å². The maximum absolute atomic E-state index is 10.4. The predicted molar refractivity (Wildman–Crippen MR) is 73.2 cm³/mol. The van der Waals surface area contributed by atoms with Gasteiger partial charge in [-0.3, -0.25) is 9.11 Å². The average Bonchev–Trinajstić information content (AvgIpc) is 2.28. The van der Waals surface area contributed by atoms with Crippen LogP contribution in [0.5, 0.6) is 0 Å². The molecule has 0 radical (unpaired) electrons. The largest absolute Gasteiger partial charge is 0.352 e. The number of anilines is 2. The molecule has 3 N–H and O–H groups in total. The number of para-hydroxylation sites is 1. The number of halogens is 1.